The summed E-state index contributed by atoms with van der Waals surface area (Å²) in [7, 11) is 0. The van der Waals surface area contributed by atoms with E-state index in [1.165, 1.54) is 11.1 Å². The SMILES string of the molecule is NC12Cc3ccccc3C1N2. The molecular weight excluding hydrogens is 136 g/mol. The number of rotatable bonds is 0. The number of nitrogens with two attached hydrogens (primary N) is 1. The molecule has 2 atom stereocenters. The van der Waals surface area contributed by atoms with E-state index in [2.05, 4.69) is 29.6 Å². The molecule has 1 saturated heterocycles. The van der Waals surface area contributed by atoms with Crippen molar-refractivity contribution in [3.8, 4) is 0 Å². The second-order valence-electron chi connectivity index (χ2n) is 3.49. The van der Waals surface area contributed by atoms with Gasteiger partial charge in [0, 0.05) is 6.42 Å². The summed E-state index contributed by atoms with van der Waals surface area (Å²) in [6.07, 6.45) is 0.994. The monoisotopic (exact) mass is 146 g/mol. The summed E-state index contributed by atoms with van der Waals surface area (Å²) in [6, 6.07) is 8.92. The van der Waals surface area contributed by atoms with Gasteiger partial charge >= 0.3 is 0 Å². The topological polar surface area (TPSA) is 48.0 Å². The van der Waals surface area contributed by atoms with Crippen molar-refractivity contribution in [3.05, 3.63) is 35.4 Å². The summed E-state index contributed by atoms with van der Waals surface area (Å²) < 4.78 is 0. The first kappa shape index (κ1) is 5.75. The highest BCUT2D eigenvalue weighted by molar-refractivity contribution is 5.45. The maximum Gasteiger partial charge on any atom is 0.0910 e. The normalized spacial score (nSPS) is 38.1. The summed E-state index contributed by atoms with van der Waals surface area (Å²) >= 11 is 0. The number of fused-ring (bicyclic) bond motifs is 3. The van der Waals surface area contributed by atoms with Crippen molar-refractivity contribution in [2.24, 2.45) is 5.73 Å². The molecule has 3 N–H and O–H groups in total. The average molecular weight is 146 g/mol. The van der Waals surface area contributed by atoms with Gasteiger partial charge in [-0.1, -0.05) is 24.3 Å². The lowest BCUT2D eigenvalue weighted by Crippen LogP contribution is -2.28. The first-order valence-electron chi connectivity index (χ1n) is 3.94. The van der Waals surface area contributed by atoms with Crippen LogP contribution < -0.4 is 11.1 Å². The zero-order chi connectivity index (χ0) is 7.47. The maximum atomic E-state index is 5.99. The third-order valence-corrected chi connectivity index (χ3v) is 2.69. The summed E-state index contributed by atoms with van der Waals surface area (Å²) in [4.78, 5) is 0. The van der Waals surface area contributed by atoms with Crippen LogP contribution in [0.4, 0.5) is 0 Å². The summed E-state index contributed by atoms with van der Waals surface area (Å²) in [5.74, 6) is 0. The molecule has 1 aromatic carbocycles. The smallest absolute Gasteiger partial charge is 0.0910 e. The van der Waals surface area contributed by atoms with Gasteiger partial charge in [0.05, 0.1) is 11.7 Å². The van der Waals surface area contributed by atoms with Crippen molar-refractivity contribution in [1.82, 2.24) is 5.32 Å². The van der Waals surface area contributed by atoms with Crippen molar-refractivity contribution >= 4 is 0 Å². The fourth-order valence-corrected chi connectivity index (χ4v) is 2.03. The van der Waals surface area contributed by atoms with Gasteiger partial charge in [-0.3, -0.25) is 5.32 Å². The lowest BCUT2D eigenvalue weighted by molar-refractivity contribution is 0.661. The molecule has 11 heavy (non-hydrogen) atoms. The molecule has 2 unspecified atom stereocenters. The van der Waals surface area contributed by atoms with E-state index >= 15 is 0 Å². The third-order valence-electron chi connectivity index (χ3n) is 2.69. The van der Waals surface area contributed by atoms with Crippen LogP contribution in [-0.2, 0) is 6.42 Å². The fourth-order valence-electron chi connectivity index (χ4n) is 2.03. The quantitative estimate of drug-likeness (QED) is 0.525. The minimum Gasteiger partial charge on any atom is -0.311 e. The lowest BCUT2D eigenvalue weighted by atomic mass is 10.1. The van der Waals surface area contributed by atoms with Crippen molar-refractivity contribution in [1.29, 1.82) is 0 Å². The molecule has 0 radical (unpaired) electrons. The molecule has 56 valence electrons. The zero-order valence-electron chi connectivity index (χ0n) is 6.17. The van der Waals surface area contributed by atoms with E-state index in [4.69, 9.17) is 5.73 Å². The molecule has 1 heterocycles. The van der Waals surface area contributed by atoms with E-state index in [1.54, 1.807) is 0 Å². The van der Waals surface area contributed by atoms with Crippen LogP contribution in [0.3, 0.4) is 0 Å². The highest BCUT2D eigenvalue weighted by Gasteiger charge is 2.56. The molecule has 3 rings (SSSR count). The summed E-state index contributed by atoms with van der Waals surface area (Å²) in [5, 5.41) is 3.28. The second-order valence-corrected chi connectivity index (χ2v) is 3.49. The Bertz CT molecular complexity index is 321. The van der Waals surface area contributed by atoms with Gasteiger partial charge in [0.25, 0.3) is 0 Å². The third kappa shape index (κ3) is 0.588. The van der Waals surface area contributed by atoms with E-state index in [-0.39, 0.29) is 5.66 Å². The first-order chi connectivity index (χ1) is 5.30. The predicted octanol–water partition coefficient (Wildman–Crippen LogP) is 0.542. The highest BCUT2D eigenvalue weighted by atomic mass is 15.3. The van der Waals surface area contributed by atoms with Gasteiger partial charge in [0.15, 0.2) is 0 Å². The van der Waals surface area contributed by atoms with Crippen LogP contribution in [0, 0.1) is 0 Å². The Morgan fingerprint density at radius 3 is 3.09 bits per heavy atom. The van der Waals surface area contributed by atoms with Crippen LogP contribution in [0.1, 0.15) is 17.2 Å². The van der Waals surface area contributed by atoms with Crippen LogP contribution in [-0.4, -0.2) is 5.66 Å². The van der Waals surface area contributed by atoms with E-state index in [0.29, 0.717) is 6.04 Å². The van der Waals surface area contributed by atoms with Gasteiger partial charge in [0.2, 0.25) is 0 Å². The largest absolute Gasteiger partial charge is 0.311 e. The van der Waals surface area contributed by atoms with Gasteiger partial charge in [-0.25, -0.2) is 0 Å². The van der Waals surface area contributed by atoms with Gasteiger partial charge in [-0.05, 0) is 11.1 Å². The van der Waals surface area contributed by atoms with Gasteiger partial charge in [-0.2, -0.15) is 0 Å². The van der Waals surface area contributed by atoms with Crippen LogP contribution in [0.5, 0.6) is 0 Å². The lowest BCUT2D eigenvalue weighted by Gasteiger charge is -2.02. The molecule has 0 bridgehead atoms. The Kier molecular flexibility index (Phi) is 0.780. The molecule has 0 amide bonds. The first-order valence-corrected chi connectivity index (χ1v) is 3.94. The Hall–Kier alpha value is -0.860. The van der Waals surface area contributed by atoms with Gasteiger partial charge in [0.1, 0.15) is 0 Å². The highest BCUT2D eigenvalue weighted by Crippen LogP contribution is 2.46. The van der Waals surface area contributed by atoms with Crippen molar-refractivity contribution in [2.45, 2.75) is 18.1 Å². The molecular formula is C9H10N2. The molecule has 0 aromatic heterocycles. The number of hydrogen-bond donors (Lipinski definition) is 2. The number of benzene rings is 1. The molecule has 2 heteroatoms. The Balaban J connectivity index is 2.18. The predicted molar refractivity (Wildman–Crippen MR) is 42.9 cm³/mol. The van der Waals surface area contributed by atoms with Crippen molar-refractivity contribution in [2.75, 3.05) is 0 Å². The van der Waals surface area contributed by atoms with Gasteiger partial charge < -0.3 is 5.73 Å². The van der Waals surface area contributed by atoms with Crippen molar-refractivity contribution in [3.63, 3.8) is 0 Å². The molecule has 2 nitrogen and oxygen atoms in total. The number of nitrogens with one attached hydrogen (secondary N) is 1. The minimum absolute atomic E-state index is 0.0797. The van der Waals surface area contributed by atoms with Gasteiger partial charge in [-0.15, -0.1) is 0 Å². The Labute approximate surface area is 65.4 Å². The molecule has 1 aliphatic carbocycles. The maximum absolute atomic E-state index is 5.99. The molecule has 2 aliphatic rings. The minimum atomic E-state index is -0.0797. The molecule has 1 aromatic rings. The van der Waals surface area contributed by atoms with Crippen LogP contribution in [0.25, 0.3) is 0 Å². The average Bonchev–Trinajstić information content (AvgIpc) is 2.56. The molecule has 0 spiro atoms. The standard InChI is InChI=1S/C9H10N2/c10-9-5-6-3-1-2-4-7(6)8(9)11-9/h1-4,8,11H,5,10H2. The molecule has 1 fully saturated rings. The van der Waals surface area contributed by atoms with E-state index in [9.17, 15) is 0 Å². The van der Waals surface area contributed by atoms with Crippen molar-refractivity contribution < 1.29 is 0 Å². The second kappa shape index (κ2) is 1.49. The van der Waals surface area contributed by atoms with E-state index < -0.39 is 0 Å². The Morgan fingerprint density at radius 2 is 2.27 bits per heavy atom. The fraction of sp³-hybridized carbons (Fsp3) is 0.333. The van der Waals surface area contributed by atoms with Crippen LogP contribution >= 0.6 is 0 Å². The van der Waals surface area contributed by atoms with E-state index in [0.717, 1.165) is 6.42 Å². The summed E-state index contributed by atoms with van der Waals surface area (Å²) in [5.41, 5.74) is 8.73. The number of hydrogen-bond acceptors (Lipinski definition) is 2. The molecule has 1 aliphatic heterocycles. The zero-order valence-corrected chi connectivity index (χ0v) is 6.17. The van der Waals surface area contributed by atoms with Crippen LogP contribution in [0.2, 0.25) is 0 Å². The Morgan fingerprint density at radius 1 is 1.45 bits per heavy atom. The molecule has 0 saturated carbocycles. The van der Waals surface area contributed by atoms with Crippen LogP contribution in [0.15, 0.2) is 24.3 Å². The van der Waals surface area contributed by atoms with E-state index in [1.807, 2.05) is 0 Å². The summed E-state index contributed by atoms with van der Waals surface area (Å²) in [6.45, 7) is 0.